The number of ether oxygens (including phenoxy) is 1. The van der Waals surface area contributed by atoms with Gasteiger partial charge in [0.1, 0.15) is 22.3 Å². The molecule has 1 aliphatic rings. The van der Waals surface area contributed by atoms with Crippen LogP contribution in [0.4, 0.5) is 10.1 Å². The maximum absolute atomic E-state index is 14.4. The van der Waals surface area contributed by atoms with Gasteiger partial charge in [0.15, 0.2) is 5.65 Å². The van der Waals surface area contributed by atoms with Crippen molar-refractivity contribution >= 4 is 27.3 Å². The third-order valence-corrected chi connectivity index (χ3v) is 7.65. The van der Waals surface area contributed by atoms with E-state index in [1.54, 1.807) is 11.4 Å². The van der Waals surface area contributed by atoms with E-state index in [-0.39, 0.29) is 44.3 Å². The van der Waals surface area contributed by atoms with Gasteiger partial charge >= 0.3 is 0 Å². The molecule has 2 aromatic heterocycles. The van der Waals surface area contributed by atoms with Crippen LogP contribution < -0.4 is 5.32 Å². The summed E-state index contributed by atoms with van der Waals surface area (Å²) in [4.78, 5) is 16.6. The molecule has 0 radical (unpaired) electrons. The molecule has 1 aliphatic heterocycles. The molecule has 3 heterocycles. The molecule has 1 amide bonds. The molecule has 1 aromatic carbocycles. The molecule has 1 N–H and O–H groups in total. The molecule has 0 spiro atoms. The number of nitrogens with zero attached hydrogens (tertiary/aromatic N) is 5. The Morgan fingerprint density at radius 1 is 1.29 bits per heavy atom. The SMILES string of the molecule is Cc1nc2c(C#N)cnn2c(C)c1CCC(=O)Nc1ccc(F)c(S(=O)(=O)N2CCOCC2)c1. The molecule has 10 nitrogen and oxygen atoms in total. The predicted molar refractivity (Wildman–Crippen MR) is 120 cm³/mol. The molecule has 0 aliphatic carbocycles. The van der Waals surface area contributed by atoms with Gasteiger partial charge in [-0.25, -0.2) is 22.3 Å². The molecule has 0 unspecified atom stereocenters. The molecular weight excluding hydrogens is 463 g/mol. The van der Waals surface area contributed by atoms with Crippen LogP contribution in [0.25, 0.3) is 5.65 Å². The van der Waals surface area contributed by atoms with Gasteiger partial charge in [0.2, 0.25) is 15.9 Å². The average Bonchev–Trinajstić information content (AvgIpc) is 3.23. The third-order valence-electron chi connectivity index (χ3n) is 5.73. The maximum atomic E-state index is 14.4. The van der Waals surface area contributed by atoms with E-state index in [9.17, 15) is 22.9 Å². The number of carbonyl (C=O) groups excluding carboxylic acids is 1. The van der Waals surface area contributed by atoms with Crippen LogP contribution in [0.2, 0.25) is 0 Å². The number of rotatable bonds is 6. The quantitative estimate of drug-likeness (QED) is 0.564. The van der Waals surface area contributed by atoms with Crippen molar-refractivity contribution in [2.24, 2.45) is 0 Å². The van der Waals surface area contributed by atoms with Crippen LogP contribution in [0, 0.1) is 31.0 Å². The van der Waals surface area contributed by atoms with E-state index in [0.717, 1.165) is 23.4 Å². The monoisotopic (exact) mass is 486 g/mol. The Morgan fingerprint density at radius 2 is 2.03 bits per heavy atom. The zero-order valence-electron chi connectivity index (χ0n) is 18.7. The van der Waals surface area contributed by atoms with E-state index in [0.29, 0.717) is 23.3 Å². The molecule has 0 bridgehead atoms. The number of hydrogen-bond donors (Lipinski definition) is 1. The first kappa shape index (κ1) is 23.7. The lowest BCUT2D eigenvalue weighted by molar-refractivity contribution is -0.116. The molecule has 0 saturated carbocycles. The van der Waals surface area contributed by atoms with Crippen molar-refractivity contribution in [1.82, 2.24) is 18.9 Å². The number of hydrogen-bond acceptors (Lipinski definition) is 7. The highest BCUT2D eigenvalue weighted by Gasteiger charge is 2.29. The van der Waals surface area contributed by atoms with Gasteiger partial charge in [-0.2, -0.15) is 14.7 Å². The fourth-order valence-electron chi connectivity index (χ4n) is 3.92. The standard InChI is InChI=1S/C22H23FN6O4S/c1-14-18(15(2)29-22(26-14)16(12-24)13-25-29)4-6-21(30)27-17-3-5-19(23)20(11-17)34(31,32)28-7-9-33-10-8-28/h3,5,11,13H,4,6-10H2,1-2H3,(H,27,30). The summed E-state index contributed by atoms with van der Waals surface area (Å²) < 4.78 is 48.0. The van der Waals surface area contributed by atoms with E-state index in [1.807, 2.05) is 6.92 Å². The average molecular weight is 487 g/mol. The Kier molecular flexibility index (Phi) is 6.60. The number of nitriles is 1. The van der Waals surface area contributed by atoms with E-state index in [1.165, 1.54) is 16.6 Å². The first-order chi connectivity index (χ1) is 16.2. The number of sulfonamides is 1. The van der Waals surface area contributed by atoms with Crippen LogP contribution in [-0.4, -0.2) is 59.5 Å². The highest BCUT2D eigenvalue weighted by Crippen LogP contribution is 2.24. The number of benzene rings is 1. The molecule has 34 heavy (non-hydrogen) atoms. The van der Waals surface area contributed by atoms with Crippen LogP contribution in [0.15, 0.2) is 29.3 Å². The summed E-state index contributed by atoms with van der Waals surface area (Å²) in [5.41, 5.74) is 3.31. The Labute approximate surface area is 196 Å². The Morgan fingerprint density at radius 3 is 2.74 bits per heavy atom. The van der Waals surface area contributed by atoms with E-state index in [4.69, 9.17) is 4.74 Å². The molecule has 4 rings (SSSR count). The highest BCUT2D eigenvalue weighted by molar-refractivity contribution is 7.89. The number of morpholine rings is 1. The predicted octanol–water partition coefficient (Wildman–Crippen LogP) is 1.95. The molecule has 12 heteroatoms. The second kappa shape index (κ2) is 9.46. The number of aryl methyl sites for hydroxylation is 2. The Bertz CT molecular complexity index is 1410. The second-order valence-corrected chi connectivity index (χ2v) is 9.78. The van der Waals surface area contributed by atoms with Gasteiger partial charge in [-0.3, -0.25) is 4.79 Å². The number of anilines is 1. The summed E-state index contributed by atoms with van der Waals surface area (Å²) in [6.07, 6.45) is 1.89. The fraction of sp³-hybridized carbons (Fsp3) is 0.364. The van der Waals surface area contributed by atoms with Gasteiger partial charge in [0.05, 0.1) is 19.4 Å². The number of amides is 1. The largest absolute Gasteiger partial charge is 0.379 e. The minimum absolute atomic E-state index is 0.0875. The number of halogens is 1. The third kappa shape index (κ3) is 4.50. The van der Waals surface area contributed by atoms with Gasteiger partial charge in [-0.1, -0.05) is 0 Å². The Hall–Kier alpha value is -3.40. The van der Waals surface area contributed by atoms with E-state index < -0.39 is 20.7 Å². The first-order valence-corrected chi connectivity index (χ1v) is 12.1. The lowest BCUT2D eigenvalue weighted by Gasteiger charge is -2.26. The summed E-state index contributed by atoms with van der Waals surface area (Å²) in [5, 5.41) is 16.0. The van der Waals surface area contributed by atoms with Crippen molar-refractivity contribution in [3.05, 3.63) is 52.7 Å². The van der Waals surface area contributed by atoms with Gasteiger partial charge in [0, 0.05) is 36.6 Å². The lowest BCUT2D eigenvalue weighted by atomic mass is 10.1. The molecule has 3 aromatic rings. The van der Waals surface area contributed by atoms with Gasteiger partial charge in [-0.05, 0) is 44.0 Å². The maximum Gasteiger partial charge on any atom is 0.246 e. The topological polar surface area (TPSA) is 130 Å². The number of aromatic nitrogens is 3. The first-order valence-electron chi connectivity index (χ1n) is 10.6. The van der Waals surface area contributed by atoms with Crippen molar-refractivity contribution in [2.45, 2.75) is 31.6 Å². The van der Waals surface area contributed by atoms with Crippen molar-refractivity contribution in [1.29, 1.82) is 5.26 Å². The normalized spacial score (nSPS) is 14.8. The van der Waals surface area contributed by atoms with Crippen molar-refractivity contribution in [2.75, 3.05) is 31.6 Å². The molecule has 1 fully saturated rings. The minimum Gasteiger partial charge on any atom is -0.379 e. The van der Waals surface area contributed by atoms with E-state index in [2.05, 4.69) is 21.5 Å². The lowest BCUT2D eigenvalue weighted by Crippen LogP contribution is -2.40. The van der Waals surface area contributed by atoms with Crippen molar-refractivity contribution < 1.29 is 22.3 Å². The summed E-state index contributed by atoms with van der Waals surface area (Å²) in [6, 6.07) is 5.54. The summed E-state index contributed by atoms with van der Waals surface area (Å²) in [5.74, 6) is -1.25. The van der Waals surface area contributed by atoms with Gasteiger partial charge in [-0.15, -0.1) is 0 Å². The fourth-order valence-corrected chi connectivity index (χ4v) is 5.42. The minimum atomic E-state index is -4.05. The number of carbonyl (C=O) groups is 1. The molecule has 0 atom stereocenters. The van der Waals surface area contributed by atoms with Crippen molar-refractivity contribution in [3.8, 4) is 6.07 Å². The van der Waals surface area contributed by atoms with Gasteiger partial charge < -0.3 is 10.1 Å². The molecule has 178 valence electrons. The Balaban J connectivity index is 1.49. The zero-order valence-corrected chi connectivity index (χ0v) is 19.5. The molecular formula is C22H23FN6O4S. The van der Waals surface area contributed by atoms with Crippen LogP contribution in [0.5, 0.6) is 0 Å². The second-order valence-electron chi connectivity index (χ2n) is 7.88. The van der Waals surface area contributed by atoms with Crippen LogP contribution in [0.3, 0.4) is 0 Å². The molecule has 1 saturated heterocycles. The smallest absolute Gasteiger partial charge is 0.246 e. The number of nitrogens with one attached hydrogen (secondary N) is 1. The van der Waals surface area contributed by atoms with Crippen molar-refractivity contribution in [3.63, 3.8) is 0 Å². The summed E-state index contributed by atoms with van der Waals surface area (Å²) >= 11 is 0. The van der Waals surface area contributed by atoms with Gasteiger partial charge in [0.25, 0.3) is 0 Å². The zero-order chi connectivity index (χ0) is 24.5. The number of fused-ring (bicyclic) bond motifs is 1. The van der Waals surface area contributed by atoms with Crippen LogP contribution in [-0.2, 0) is 26.0 Å². The highest BCUT2D eigenvalue weighted by atomic mass is 32.2. The summed E-state index contributed by atoms with van der Waals surface area (Å²) in [7, 11) is -4.05. The van der Waals surface area contributed by atoms with Crippen LogP contribution in [0.1, 0.15) is 28.9 Å². The summed E-state index contributed by atoms with van der Waals surface area (Å²) in [6.45, 7) is 4.41. The van der Waals surface area contributed by atoms with E-state index >= 15 is 0 Å². The van der Waals surface area contributed by atoms with Crippen LogP contribution >= 0.6 is 0 Å².